The highest BCUT2D eigenvalue weighted by atomic mass is 32.2. The number of sulfonamides is 1. The third-order valence-electron chi connectivity index (χ3n) is 3.95. The number of nitrogens with one attached hydrogen (secondary N) is 2. The zero-order valence-electron chi connectivity index (χ0n) is 15.8. The van der Waals surface area contributed by atoms with Crippen LogP contribution in [0.4, 0.5) is 11.5 Å². The molecule has 2 rings (SSSR count). The van der Waals surface area contributed by atoms with E-state index in [2.05, 4.69) is 19.9 Å². The van der Waals surface area contributed by atoms with Crippen molar-refractivity contribution in [1.82, 2.24) is 9.88 Å². The Morgan fingerprint density at radius 1 is 1.15 bits per heavy atom. The van der Waals surface area contributed by atoms with E-state index in [0.29, 0.717) is 17.3 Å². The molecule has 0 atom stereocenters. The van der Waals surface area contributed by atoms with Crippen LogP contribution in [0, 0.1) is 13.8 Å². The molecule has 0 spiro atoms. The monoisotopic (exact) mass is 378 g/mol. The first kappa shape index (κ1) is 20.0. The molecule has 0 amide bonds. The summed E-state index contributed by atoms with van der Waals surface area (Å²) in [5.74, 6) is 1.01. The molecule has 1 aromatic heterocycles. The van der Waals surface area contributed by atoms with Crippen LogP contribution < -0.4 is 14.8 Å². The number of rotatable bonds is 8. The van der Waals surface area contributed by atoms with E-state index in [9.17, 15) is 8.42 Å². The molecular formula is C18H26N4O3S. The summed E-state index contributed by atoms with van der Waals surface area (Å²) in [6, 6.07) is 6.75. The Bertz CT molecular complexity index is 849. The van der Waals surface area contributed by atoms with Crippen molar-refractivity contribution in [2.24, 2.45) is 0 Å². The van der Waals surface area contributed by atoms with Gasteiger partial charge in [0.15, 0.2) is 0 Å². The van der Waals surface area contributed by atoms with Gasteiger partial charge in [0.1, 0.15) is 16.5 Å². The van der Waals surface area contributed by atoms with Gasteiger partial charge >= 0.3 is 0 Å². The molecule has 26 heavy (non-hydrogen) atoms. The molecule has 7 nitrogen and oxygen atoms in total. The third-order valence-corrected chi connectivity index (χ3v) is 5.35. The maximum atomic E-state index is 12.7. The Labute approximate surface area is 155 Å². The summed E-state index contributed by atoms with van der Waals surface area (Å²) in [6.45, 7) is 5.41. The highest BCUT2D eigenvalue weighted by Crippen LogP contribution is 2.28. The zero-order chi connectivity index (χ0) is 19.3. The number of aromatic nitrogens is 1. The van der Waals surface area contributed by atoms with Gasteiger partial charge in [0.25, 0.3) is 10.0 Å². The molecule has 0 aliphatic carbocycles. The van der Waals surface area contributed by atoms with Crippen molar-refractivity contribution >= 4 is 21.5 Å². The summed E-state index contributed by atoms with van der Waals surface area (Å²) in [7, 11) is 1.67. The number of hydrogen-bond acceptors (Lipinski definition) is 6. The average Bonchev–Trinajstić information content (AvgIpc) is 2.57. The van der Waals surface area contributed by atoms with E-state index < -0.39 is 10.0 Å². The molecular weight excluding hydrogens is 352 g/mol. The van der Waals surface area contributed by atoms with Gasteiger partial charge < -0.3 is 15.0 Å². The third kappa shape index (κ3) is 5.09. The van der Waals surface area contributed by atoms with Crippen LogP contribution in [-0.4, -0.2) is 52.6 Å². The molecule has 0 saturated heterocycles. The second kappa shape index (κ2) is 8.37. The minimum absolute atomic E-state index is 0.108. The van der Waals surface area contributed by atoms with Gasteiger partial charge in [0.05, 0.1) is 19.0 Å². The first-order valence-electron chi connectivity index (χ1n) is 8.25. The lowest BCUT2D eigenvalue weighted by molar-refractivity contribution is 0.402. The summed E-state index contributed by atoms with van der Waals surface area (Å²) in [5, 5.41) is 3.18. The largest absolute Gasteiger partial charge is 0.495 e. The second-order valence-corrected chi connectivity index (χ2v) is 8.01. The molecule has 0 aliphatic rings. The average molecular weight is 378 g/mol. The van der Waals surface area contributed by atoms with Crippen molar-refractivity contribution in [3.63, 3.8) is 0 Å². The molecule has 0 fully saturated rings. The molecule has 1 heterocycles. The number of likely N-dealkylation sites (N-methyl/N-ethyl adjacent to an activating group) is 1. The lowest BCUT2D eigenvalue weighted by atomic mass is 10.1. The highest BCUT2D eigenvalue weighted by molar-refractivity contribution is 7.92. The molecule has 0 radical (unpaired) electrons. The maximum absolute atomic E-state index is 12.7. The topological polar surface area (TPSA) is 83.6 Å². The van der Waals surface area contributed by atoms with Crippen molar-refractivity contribution in [3.8, 4) is 5.75 Å². The van der Waals surface area contributed by atoms with E-state index in [-0.39, 0.29) is 4.90 Å². The van der Waals surface area contributed by atoms with E-state index in [0.717, 1.165) is 24.2 Å². The fourth-order valence-corrected chi connectivity index (χ4v) is 3.59. The van der Waals surface area contributed by atoms with Gasteiger partial charge in [-0.15, -0.1) is 0 Å². The molecule has 142 valence electrons. The number of benzene rings is 1. The van der Waals surface area contributed by atoms with Crippen LogP contribution >= 0.6 is 0 Å². The predicted octanol–water partition coefficient (Wildman–Crippen LogP) is 2.48. The molecule has 0 bridgehead atoms. The molecule has 2 N–H and O–H groups in total. The number of ether oxygens (including phenoxy) is 1. The lowest BCUT2D eigenvalue weighted by Gasteiger charge is -2.14. The van der Waals surface area contributed by atoms with Gasteiger partial charge in [-0.3, -0.25) is 4.72 Å². The van der Waals surface area contributed by atoms with Gasteiger partial charge in [-0.1, -0.05) is 0 Å². The number of hydrogen-bond donors (Lipinski definition) is 2. The molecule has 0 unspecified atom stereocenters. The van der Waals surface area contributed by atoms with E-state index in [4.69, 9.17) is 4.74 Å². The van der Waals surface area contributed by atoms with Gasteiger partial charge in [-0.2, -0.15) is 0 Å². The van der Waals surface area contributed by atoms with E-state index >= 15 is 0 Å². The number of nitrogens with zero attached hydrogens (tertiary/aromatic N) is 2. The van der Waals surface area contributed by atoms with E-state index in [1.54, 1.807) is 24.3 Å². The quantitative estimate of drug-likeness (QED) is 0.734. The normalized spacial score (nSPS) is 11.5. The van der Waals surface area contributed by atoms with Crippen LogP contribution in [0.1, 0.15) is 11.1 Å². The van der Waals surface area contributed by atoms with Gasteiger partial charge in [-0.25, -0.2) is 13.4 Å². The predicted molar refractivity (Wildman–Crippen MR) is 105 cm³/mol. The van der Waals surface area contributed by atoms with Crippen LogP contribution in [0.2, 0.25) is 0 Å². The van der Waals surface area contributed by atoms with Gasteiger partial charge in [0, 0.05) is 13.1 Å². The summed E-state index contributed by atoms with van der Waals surface area (Å²) in [6.07, 6.45) is 1.49. The van der Waals surface area contributed by atoms with Crippen molar-refractivity contribution in [3.05, 3.63) is 41.6 Å². The molecule has 1 aromatic carbocycles. The molecule has 8 heteroatoms. The van der Waals surface area contributed by atoms with Crippen molar-refractivity contribution in [2.45, 2.75) is 18.7 Å². The van der Waals surface area contributed by atoms with Crippen molar-refractivity contribution in [2.75, 3.05) is 44.3 Å². The van der Waals surface area contributed by atoms with E-state index in [1.165, 1.54) is 13.3 Å². The minimum atomic E-state index is -3.78. The minimum Gasteiger partial charge on any atom is -0.495 e. The fraction of sp³-hybridized carbons (Fsp3) is 0.389. The summed E-state index contributed by atoms with van der Waals surface area (Å²) < 4.78 is 33.3. The zero-order valence-corrected chi connectivity index (χ0v) is 16.6. The van der Waals surface area contributed by atoms with E-state index in [1.807, 2.05) is 27.9 Å². The number of pyridine rings is 1. The summed E-state index contributed by atoms with van der Waals surface area (Å²) in [5.41, 5.74) is 2.24. The Kier molecular flexibility index (Phi) is 6.44. The Morgan fingerprint density at radius 2 is 1.85 bits per heavy atom. The van der Waals surface area contributed by atoms with Crippen LogP contribution in [0.25, 0.3) is 0 Å². The summed E-state index contributed by atoms with van der Waals surface area (Å²) >= 11 is 0. The fourth-order valence-electron chi connectivity index (χ4n) is 2.31. The standard InChI is InChI=1S/C18H26N4O3S/c1-13-10-16(25-5)17(11-14(13)2)26(23,24)21-15-6-7-18(20-12-15)19-8-9-22(3)4/h6-7,10-12,21H,8-9H2,1-5H3,(H,19,20). The number of methoxy groups -OCH3 is 1. The van der Waals surface area contributed by atoms with Crippen molar-refractivity contribution in [1.29, 1.82) is 0 Å². The summed E-state index contributed by atoms with van der Waals surface area (Å²) in [4.78, 5) is 6.41. The number of anilines is 2. The van der Waals surface area contributed by atoms with Crippen LogP contribution in [0.3, 0.4) is 0 Å². The van der Waals surface area contributed by atoms with Gasteiger partial charge in [0.2, 0.25) is 0 Å². The lowest BCUT2D eigenvalue weighted by Crippen LogP contribution is -2.21. The van der Waals surface area contributed by atoms with Crippen LogP contribution in [-0.2, 0) is 10.0 Å². The van der Waals surface area contributed by atoms with Crippen molar-refractivity contribution < 1.29 is 13.2 Å². The van der Waals surface area contributed by atoms with Crippen LogP contribution in [0.15, 0.2) is 35.4 Å². The SMILES string of the molecule is COc1cc(C)c(C)cc1S(=O)(=O)Nc1ccc(NCCN(C)C)nc1. The van der Waals surface area contributed by atoms with Gasteiger partial charge in [-0.05, 0) is 63.3 Å². The molecule has 0 aliphatic heterocycles. The Morgan fingerprint density at radius 3 is 2.42 bits per heavy atom. The maximum Gasteiger partial charge on any atom is 0.265 e. The highest BCUT2D eigenvalue weighted by Gasteiger charge is 2.21. The molecule has 0 saturated carbocycles. The Hall–Kier alpha value is -2.32. The Balaban J connectivity index is 2.16. The van der Waals surface area contributed by atoms with Crippen LogP contribution in [0.5, 0.6) is 5.75 Å². The first-order chi connectivity index (χ1) is 12.2. The molecule has 2 aromatic rings. The second-order valence-electron chi connectivity index (χ2n) is 6.35. The number of aryl methyl sites for hydroxylation is 2. The first-order valence-corrected chi connectivity index (χ1v) is 9.74. The smallest absolute Gasteiger partial charge is 0.265 e.